The maximum Gasteiger partial charge on any atom is 0.190 e. The summed E-state index contributed by atoms with van der Waals surface area (Å²) in [6.07, 6.45) is 2.54. The monoisotopic (exact) mass is 177 g/mol. The summed E-state index contributed by atoms with van der Waals surface area (Å²) in [7, 11) is 0. The summed E-state index contributed by atoms with van der Waals surface area (Å²) in [6, 6.07) is 3.63. The van der Waals surface area contributed by atoms with Crippen molar-refractivity contribution < 1.29 is 4.42 Å². The number of rotatable bonds is 2. The van der Waals surface area contributed by atoms with E-state index in [1.807, 2.05) is 13.0 Å². The fourth-order valence-electron chi connectivity index (χ4n) is 1.23. The maximum atomic E-state index is 5.46. The number of nitrogens with zero attached hydrogens (tertiary/aromatic N) is 1. The summed E-state index contributed by atoms with van der Waals surface area (Å²) in [6.45, 7) is 1.98. The van der Waals surface area contributed by atoms with Crippen molar-refractivity contribution in [3.05, 3.63) is 35.3 Å². The van der Waals surface area contributed by atoms with E-state index in [0.717, 1.165) is 23.4 Å². The first-order valence-corrected chi connectivity index (χ1v) is 4.09. The number of hydrogen-bond donors (Lipinski definition) is 2. The van der Waals surface area contributed by atoms with Gasteiger partial charge < -0.3 is 10.2 Å². The fraction of sp³-hybridized carbons (Fsp3) is 0.222. The van der Waals surface area contributed by atoms with E-state index in [9.17, 15) is 0 Å². The van der Waals surface area contributed by atoms with Gasteiger partial charge in [-0.15, -0.1) is 0 Å². The summed E-state index contributed by atoms with van der Waals surface area (Å²) in [5.41, 5.74) is 7.65. The summed E-state index contributed by atoms with van der Waals surface area (Å²) < 4.78 is 5.25. The van der Waals surface area contributed by atoms with E-state index in [1.165, 1.54) is 0 Å². The lowest BCUT2D eigenvalue weighted by atomic mass is 10.1. The lowest BCUT2D eigenvalue weighted by Gasteiger charge is -1.94. The molecular formula is C9H11N3O. The van der Waals surface area contributed by atoms with E-state index in [4.69, 9.17) is 10.2 Å². The lowest BCUT2D eigenvalue weighted by Crippen LogP contribution is -1.86. The van der Waals surface area contributed by atoms with Crippen LogP contribution in [0.1, 0.15) is 17.0 Å². The van der Waals surface area contributed by atoms with E-state index in [2.05, 4.69) is 10.2 Å². The van der Waals surface area contributed by atoms with E-state index < -0.39 is 0 Å². The second-order valence-corrected chi connectivity index (χ2v) is 3.00. The van der Waals surface area contributed by atoms with Gasteiger partial charge in [-0.2, -0.15) is 5.10 Å². The van der Waals surface area contributed by atoms with Crippen LogP contribution in [0.2, 0.25) is 0 Å². The third kappa shape index (κ3) is 1.56. The van der Waals surface area contributed by atoms with Crippen molar-refractivity contribution in [1.29, 1.82) is 0 Å². The SMILES string of the molecule is Cc1[nH]ncc1Cc1ccc(N)o1. The number of H-pyrrole nitrogens is 1. The minimum Gasteiger partial charge on any atom is -0.446 e. The van der Waals surface area contributed by atoms with Gasteiger partial charge in [-0.3, -0.25) is 5.10 Å². The minimum atomic E-state index is 0.455. The molecule has 0 aliphatic heterocycles. The molecule has 0 spiro atoms. The normalized spacial score (nSPS) is 10.5. The number of aromatic amines is 1. The van der Waals surface area contributed by atoms with Crippen molar-refractivity contribution in [3.63, 3.8) is 0 Å². The first-order valence-electron chi connectivity index (χ1n) is 4.09. The summed E-state index contributed by atoms with van der Waals surface area (Å²) >= 11 is 0. The van der Waals surface area contributed by atoms with Crippen LogP contribution in [0.15, 0.2) is 22.7 Å². The molecule has 4 heteroatoms. The third-order valence-electron chi connectivity index (χ3n) is 1.98. The number of hydrogen-bond acceptors (Lipinski definition) is 3. The Morgan fingerprint density at radius 1 is 1.54 bits per heavy atom. The first kappa shape index (κ1) is 7.91. The van der Waals surface area contributed by atoms with Crippen LogP contribution in [0.5, 0.6) is 0 Å². The molecule has 4 nitrogen and oxygen atoms in total. The van der Waals surface area contributed by atoms with Crippen molar-refractivity contribution in [1.82, 2.24) is 10.2 Å². The van der Waals surface area contributed by atoms with Crippen LogP contribution in [0, 0.1) is 6.92 Å². The molecule has 0 radical (unpaired) electrons. The third-order valence-corrected chi connectivity index (χ3v) is 1.98. The van der Waals surface area contributed by atoms with Gasteiger partial charge in [0.05, 0.1) is 6.20 Å². The van der Waals surface area contributed by atoms with Crippen molar-refractivity contribution in [2.24, 2.45) is 0 Å². The Balaban J connectivity index is 2.19. The fourth-order valence-corrected chi connectivity index (χ4v) is 1.23. The highest BCUT2D eigenvalue weighted by molar-refractivity contribution is 5.28. The van der Waals surface area contributed by atoms with Crippen LogP contribution in [-0.4, -0.2) is 10.2 Å². The van der Waals surface area contributed by atoms with Crippen LogP contribution < -0.4 is 5.73 Å². The topological polar surface area (TPSA) is 67.8 Å². The quantitative estimate of drug-likeness (QED) is 0.730. The van der Waals surface area contributed by atoms with Crippen LogP contribution >= 0.6 is 0 Å². The number of anilines is 1. The van der Waals surface area contributed by atoms with Gasteiger partial charge in [-0.05, 0) is 13.0 Å². The van der Waals surface area contributed by atoms with Gasteiger partial charge in [-0.25, -0.2) is 0 Å². The van der Waals surface area contributed by atoms with Gasteiger partial charge in [-0.1, -0.05) is 0 Å². The van der Waals surface area contributed by atoms with E-state index in [-0.39, 0.29) is 0 Å². The van der Waals surface area contributed by atoms with Gasteiger partial charge >= 0.3 is 0 Å². The molecule has 0 saturated carbocycles. The maximum absolute atomic E-state index is 5.46. The zero-order valence-electron chi connectivity index (χ0n) is 7.37. The summed E-state index contributed by atoms with van der Waals surface area (Å²) in [5.74, 6) is 1.32. The molecule has 0 bridgehead atoms. The number of furan rings is 1. The Labute approximate surface area is 75.7 Å². The molecule has 0 aliphatic carbocycles. The molecule has 0 aliphatic rings. The number of aryl methyl sites for hydroxylation is 1. The highest BCUT2D eigenvalue weighted by Crippen LogP contribution is 2.15. The lowest BCUT2D eigenvalue weighted by molar-refractivity contribution is 0.539. The van der Waals surface area contributed by atoms with Crippen molar-refractivity contribution >= 4 is 5.88 Å². The van der Waals surface area contributed by atoms with E-state index in [1.54, 1.807) is 12.3 Å². The molecule has 13 heavy (non-hydrogen) atoms. The van der Waals surface area contributed by atoms with Crippen molar-refractivity contribution in [2.45, 2.75) is 13.3 Å². The van der Waals surface area contributed by atoms with Crippen LogP contribution in [0.4, 0.5) is 5.88 Å². The highest BCUT2D eigenvalue weighted by Gasteiger charge is 2.04. The molecule has 68 valence electrons. The molecule has 2 aromatic rings. The van der Waals surface area contributed by atoms with Gasteiger partial charge in [0.1, 0.15) is 5.76 Å². The molecule has 2 aromatic heterocycles. The average Bonchev–Trinajstić information content (AvgIpc) is 2.64. The molecule has 0 atom stereocenters. The molecule has 0 amide bonds. The standard InChI is InChI=1S/C9H11N3O/c1-6-7(5-11-12-6)4-8-2-3-9(10)13-8/h2-3,5H,4,10H2,1H3,(H,11,12). The van der Waals surface area contributed by atoms with Gasteiger partial charge in [0, 0.05) is 23.7 Å². The summed E-state index contributed by atoms with van der Waals surface area (Å²) in [5, 5.41) is 6.80. The second-order valence-electron chi connectivity index (χ2n) is 3.00. The van der Waals surface area contributed by atoms with Gasteiger partial charge in [0.15, 0.2) is 5.88 Å². The molecule has 0 aromatic carbocycles. The zero-order valence-corrected chi connectivity index (χ0v) is 7.37. The average molecular weight is 177 g/mol. The van der Waals surface area contributed by atoms with E-state index in [0.29, 0.717) is 5.88 Å². The Kier molecular flexibility index (Phi) is 1.81. The van der Waals surface area contributed by atoms with Gasteiger partial charge in [0.2, 0.25) is 0 Å². The van der Waals surface area contributed by atoms with Crippen LogP contribution in [-0.2, 0) is 6.42 Å². The van der Waals surface area contributed by atoms with E-state index >= 15 is 0 Å². The Morgan fingerprint density at radius 3 is 2.92 bits per heavy atom. The largest absolute Gasteiger partial charge is 0.446 e. The molecule has 0 fully saturated rings. The van der Waals surface area contributed by atoms with Crippen molar-refractivity contribution in [3.8, 4) is 0 Å². The number of nitrogens with two attached hydrogens (primary N) is 1. The molecule has 0 unspecified atom stereocenters. The number of aromatic nitrogens is 2. The first-order chi connectivity index (χ1) is 6.25. The highest BCUT2D eigenvalue weighted by atomic mass is 16.3. The van der Waals surface area contributed by atoms with Gasteiger partial charge in [0.25, 0.3) is 0 Å². The zero-order chi connectivity index (χ0) is 9.26. The molecular weight excluding hydrogens is 166 g/mol. The molecule has 3 N–H and O–H groups in total. The Morgan fingerprint density at radius 2 is 2.38 bits per heavy atom. The minimum absolute atomic E-state index is 0.455. The molecule has 0 saturated heterocycles. The van der Waals surface area contributed by atoms with Crippen LogP contribution in [0.25, 0.3) is 0 Å². The second kappa shape index (κ2) is 2.97. The van der Waals surface area contributed by atoms with Crippen LogP contribution in [0.3, 0.4) is 0 Å². The number of nitrogens with one attached hydrogen (secondary N) is 1. The predicted octanol–water partition coefficient (Wildman–Crippen LogP) is 1.48. The molecule has 2 rings (SSSR count). The smallest absolute Gasteiger partial charge is 0.190 e. The Bertz CT molecular complexity index is 402. The number of nitrogen functional groups attached to an aromatic ring is 1. The predicted molar refractivity (Wildman–Crippen MR) is 49.3 cm³/mol. The van der Waals surface area contributed by atoms with Crippen molar-refractivity contribution in [2.75, 3.05) is 5.73 Å². The summed E-state index contributed by atoms with van der Waals surface area (Å²) in [4.78, 5) is 0. The Hall–Kier alpha value is -1.71. The molecule has 2 heterocycles.